The SMILES string of the molecule is CCCC1(CCC)CC2(NC(=O)NC2=O)c2cc(Br)ccc2O1. The molecule has 1 saturated heterocycles. The van der Waals surface area contributed by atoms with Gasteiger partial charge in [0.05, 0.1) is 0 Å². The third-order valence-electron chi connectivity index (χ3n) is 4.67. The largest absolute Gasteiger partial charge is 0.487 e. The third-order valence-corrected chi connectivity index (χ3v) is 5.16. The highest BCUT2D eigenvalue weighted by Crippen LogP contribution is 2.49. The van der Waals surface area contributed by atoms with Crippen LogP contribution in [0.5, 0.6) is 5.75 Å². The van der Waals surface area contributed by atoms with E-state index in [1.54, 1.807) is 0 Å². The maximum absolute atomic E-state index is 12.7. The Morgan fingerprint density at radius 1 is 1.22 bits per heavy atom. The van der Waals surface area contributed by atoms with E-state index in [-0.39, 0.29) is 5.91 Å². The molecule has 2 heterocycles. The predicted molar refractivity (Wildman–Crippen MR) is 90.3 cm³/mol. The fourth-order valence-corrected chi connectivity index (χ4v) is 4.25. The van der Waals surface area contributed by atoms with Crippen molar-refractivity contribution < 1.29 is 14.3 Å². The van der Waals surface area contributed by atoms with Crippen molar-refractivity contribution in [1.82, 2.24) is 10.6 Å². The van der Waals surface area contributed by atoms with Crippen LogP contribution in [0.15, 0.2) is 22.7 Å². The van der Waals surface area contributed by atoms with Crippen LogP contribution < -0.4 is 15.4 Å². The van der Waals surface area contributed by atoms with E-state index in [1.807, 2.05) is 18.2 Å². The highest BCUT2D eigenvalue weighted by atomic mass is 79.9. The molecular weight excluding hydrogens is 360 g/mol. The van der Waals surface area contributed by atoms with Crippen molar-refractivity contribution >= 4 is 27.9 Å². The number of carbonyl (C=O) groups is 2. The topological polar surface area (TPSA) is 67.4 Å². The van der Waals surface area contributed by atoms with Gasteiger partial charge < -0.3 is 10.1 Å². The van der Waals surface area contributed by atoms with E-state index < -0.39 is 17.2 Å². The first-order valence-electron chi connectivity index (χ1n) is 8.07. The summed E-state index contributed by atoms with van der Waals surface area (Å²) in [7, 11) is 0. The average Bonchev–Trinajstić information content (AvgIpc) is 2.75. The molecule has 0 radical (unpaired) electrons. The van der Waals surface area contributed by atoms with Crippen LogP contribution in [0.4, 0.5) is 4.79 Å². The van der Waals surface area contributed by atoms with Gasteiger partial charge in [0.25, 0.3) is 5.91 Å². The molecule has 1 fully saturated rings. The molecule has 23 heavy (non-hydrogen) atoms. The highest BCUT2D eigenvalue weighted by molar-refractivity contribution is 9.10. The second-order valence-corrected chi connectivity index (χ2v) is 7.33. The number of amides is 3. The van der Waals surface area contributed by atoms with Crippen LogP contribution >= 0.6 is 15.9 Å². The molecule has 2 aliphatic rings. The molecule has 1 aromatic carbocycles. The van der Waals surface area contributed by atoms with Gasteiger partial charge in [0.15, 0.2) is 5.54 Å². The van der Waals surface area contributed by atoms with Crippen molar-refractivity contribution in [1.29, 1.82) is 0 Å². The number of benzene rings is 1. The molecular formula is C17H21BrN2O3. The number of halogens is 1. The molecule has 124 valence electrons. The van der Waals surface area contributed by atoms with Gasteiger partial charge in [0, 0.05) is 16.5 Å². The van der Waals surface area contributed by atoms with Crippen LogP contribution in [0.25, 0.3) is 0 Å². The molecule has 6 heteroatoms. The lowest BCUT2D eigenvalue weighted by molar-refractivity contribution is -0.128. The Hall–Kier alpha value is -1.56. The Morgan fingerprint density at radius 2 is 1.91 bits per heavy atom. The minimum Gasteiger partial charge on any atom is -0.487 e. The van der Waals surface area contributed by atoms with Crippen LogP contribution in [0, 0.1) is 0 Å². The number of ether oxygens (including phenoxy) is 1. The number of fused-ring (bicyclic) bond motifs is 2. The zero-order valence-corrected chi connectivity index (χ0v) is 15.0. The number of carbonyl (C=O) groups excluding carboxylic acids is 2. The van der Waals surface area contributed by atoms with Crippen LogP contribution in [-0.4, -0.2) is 17.5 Å². The van der Waals surface area contributed by atoms with Crippen molar-refractivity contribution in [3.05, 3.63) is 28.2 Å². The van der Waals surface area contributed by atoms with Gasteiger partial charge in [0.1, 0.15) is 11.4 Å². The molecule has 1 atom stereocenters. The van der Waals surface area contributed by atoms with Gasteiger partial charge in [0.2, 0.25) is 0 Å². The van der Waals surface area contributed by atoms with E-state index in [0.717, 1.165) is 35.7 Å². The summed E-state index contributed by atoms with van der Waals surface area (Å²) in [5, 5.41) is 5.27. The van der Waals surface area contributed by atoms with Crippen LogP contribution in [-0.2, 0) is 10.3 Å². The maximum atomic E-state index is 12.7. The summed E-state index contributed by atoms with van der Waals surface area (Å²) in [5.74, 6) is 0.389. The van der Waals surface area contributed by atoms with E-state index in [0.29, 0.717) is 12.2 Å². The summed E-state index contributed by atoms with van der Waals surface area (Å²) in [6.45, 7) is 4.22. The second kappa shape index (κ2) is 5.82. The summed E-state index contributed by atoms with van der Waals surface area (Å²) >= 11 is 3.45. The summed E-state index contributed by atoms with van der Waals surface area (Å²) in [6, 6.07) is 5.19. The van der Waals surface area contributed by atoms with E-state index in [9.17, 15) is 9.59 Å². The highest BCUT2D eigenvalue weighted by Gasteiger charge is 2.57. The molecule has 3 rings (SSSR count). The first-order chi connectivity index (χ1) is 10.9. The number of rotatable bonds is 4. The van der Waals surface area contributed by atoms with Crippen molar-refractivity contribution in [2.75, 3.05) is 0 Å². The number of hydrogen-bond donors (Lipinski definition) is 2. The van der Waals surface area contributed by atoms with E-state index in [2.05, 4.69) is 40.4 Å². The molecule has 0 aromatic heterocycles. The minimum absolute atomic E-state index is 0.290. The van der Waals surface area contributed by atoms with E-state index in [4.69, 9.17) is 4.74 Å². The predicted octanol–water partition coefficient (Wildman–Crippen LogP) is 3.61. The first-order valence-corrected chi connectivity index (χ1v) is 8.86. The average molecular weight is 381 g/mol. The zero-order chi connectivity index (χ0) is 16.7. The smallest absolute Gasteiger partial charge is 0.322 e. The Morgan fingerprint density at radius 3 is 2.48 bits per heavy atom. The summed E-state index contributed by atoms with van der Waals surface area (Å²) in [4.78, 5) is 24.5. The van der Waals surface area contributed by atoms with E-state index >= 15 is 0 Å². The third kappa shape index (κ3) is 2.63. The van der Waals surface area contributed by atoms with Gasteiger partial charge >= 0.3 is 6.03 Å². The van der Waals surface area contributed by atoms with Gasteiger partial charge in [-0.2, -0.15) is 0 Å². The normalized spacial score (nSPS) is 24.8. The zero-order valence-electron chi connectivity index (χ0n) is 13.4. The van der Waals surface area contributed by atoms with Crippen LogP contribution in [0.3, 0.4) is 0 Å². The van der Waals surface area contributed by atoms with Crippen LogP contribution in [0.1, 0.15) is 51.5 Å². The van der Waals surface area contributed by atoms with Crippen molar-refractivity contribution in [3.8, 4) is 5.75 Å². The molecule has 0 saturated carbocycles. The maximum Gasteiger partial charge on any atom is 0.322 e. The van der Waals surface area contributed by atoms with Crippen LogP contribution in [0.2, 0.25) is 0 Å². The molecule has 0 aliphatic carbocycles. The van der Waals surface area contributed by atoms with Gasteiger partial charge in [-0.1, -0.05) is 42.6 Å². The van der Waals surface area contributed by atoms with Crippen molar-refractivity contribution in [3.63, 3.8) is 0 Å². The fourth-order valence-electron chi connectivity index (χ4n) is 3.89. The Balaban J connectivity index is 2.16. The number of imide groups is 1. The lowest BCUT2D eigenvalue weighted by Crippen LogP contribution is -2.55. The number of hydrogen-bond acceptors (Lipinski definition) is 3. The molecule has 1 unspecified atom stereocenters. The molecule has 0 bridgehead atoms. The Kier molecular flexibility index (Phi) is 4.12. The second-order valence-electron chi connectivity index (χ2n) is 6.42. The van der Waals surface area contributed by atoms with Crippen molar-refractivity contribution in [2.24, 2.45) is 0 Å². The molecule has 2 aliphatic heterocycles. The summed E-state index contributed by atoms with van der Waals surface area (Å²) < 4.78 is 7.23. The number of nitrogens with one attached hydrogen (secondary N) is 2. The van der Waals surface area contributed by atoms with Crippen molar-refractivity contribution in [2.45, 2.75) is 57.1 Å². The van der Waals surface area contributed by atoms with Gasteiger partial charge in [-0.3, -0.25) is 10.1 Å². The minimum atomic E-state index is -1.04. The quantitative estimate of drug-likeness (QED) is 0.784. The Bertz CT molecular complexity index is 655. The molecule has 1 spiro atoms. The molecule has 2 N–H and O–H groups in total. The van der Waals surface area contributed by atoms with Gasteiger partial charge in [-0.25, -0.2) is 4.79 Å². The lowest BCUT2D eigenvalue weighted by Gasteiger charge is -2.46. The Labute approximate surface area is 144 Å². The molecule has 5 nitrogen and oxygen atoms in total. The fraction of sp³-hybridized carbons (Fsp3) is 0.529. The standard InChI is InChI=1S/C17H21BrN2O3/c1-3-7-16(8-4-2)10-17(14(21)19-15(22)20-17)12-9-11(18)5-6-13(12)23-16/h5-6,9H,3-4,7-8,10H2,1-2H3,(H2,19,20,21,22). The monoisotopic (exact) mass is 380 g/mol. The van der Waals surface area contributed by atoms with Gasteiger partial charge in [-0.05, 0) is 31.0 Å². The summed E-state index contributed by atoms with van der Waals surface area (Å²) in [5.41, 5.74) is -0.754. The summed E-state index contributed by atoms with van der Waals surface area (Å²) in [6.07, 6.45) is 4.07. The van der Waals surface area contributed by atoms with Gasteiger partial charge in [-0.15, -0.1) is 0 Å². The number of urea groups is 1. The first kappa shape index (κ1) is 16.3. The molecule has 1 aromatic rings. The molecule has 3 amide bonds. The van der Waals surface area contributed by atoms with E-state index in [1.165, 1.54) is 0 Å². The lowest BCUT2D eigenvalue weighted by atomic mass is 9.73.